The molecule has 19 heavy (non-hydrogen) atoms. The Hall–Kier alpha value is -1.34. The van der Waals surface area contributed by atoms with Crippen molar-refractivity contribution < 1.29 is 0 Å². The third kappa shape index (κ3) is 4.36. The SMILES string of the molecule is CC(c1ccccn1)C(Cl)CCCc1ccccc1. The normalized spacial score (nSPS) is 14.0. The van der Waals surface area contributed by atoms with Gasteiger partial charge in [-0.1, -0.05) is 43.3 Å². The molecule has 1 aromatic carbocycles. The standard InChI is InChI=1S/C17H20ClN/c1-14(17-12-5-6-13-19-17)16(18)11-7-10-15-8-3-2-4-9-15/h2-6,8-9,12-14,16H,7,10-11H2,1H3. The zero-order valence-corrected chi connectivity index (χ0v) is 12.1. The molecule has 0 spiro atoms. The molecule has 0 bridgehead atoms. The van der Waals surface area contributed by atoms with Gasteiger partial charge in [0.2, 0.25) is 0 Å². The summed E-state index contributed by atoms with van der Waals surface area (Å²) in [5.74, 6) is 0.304. The minimum atomic E-state index is 0.151. The van der Waals surface area contributed by atoms with E-state index in [4.69, 9.17) is 11.6 Å². The van der Waals surface area contributed by atoms with Gasteiger partial charge < -0.3 is 0 Å². The molecular formula is C17H20ClN. The summed E-state index contributed by atoms with van der Waals surface area (Å²) in [5.41, 5.74) is 2.47. The van der Waals surface area contributed by atoms with Gasteiger partial charge in [0.15, 0.2) is 0 Å². The molecule has 2 rings (SSSR count). The molecule has 0 aliphatic heterocycles. The van der Waals surface area contributed by atoms with Crippen LogP contribution in [0.2, 0.25) is 0 Å². The molecule has 0 N–H and O–H groups in total. The molecular weight excluding hydrogens is 254 g/mol. The molecule has 0 fully saturated rings. The molecule has 2 heteroatoms. The first-order valence-electron chi connectivity index (χ1n) is 6.86. The highest BCUT2D eigenvalue weighted by molar-refractivity contribution is 6.21. The minimum absolute atomic E-state index is 0.151. The van der Waals surface area contributed by atoms with Crippen LogP contribution < -0.4 is 0 Å². The number of aromatic nitrogens is 1. The van der Waals surface area contributed by atoms with Crippen LogP contribution in [0.1, 0.15) is 36.9 Å². The zero-order chi connectivity index (χ0) is 13.5. The molecule has 0 amide bonds. The number of aryl methyl sites for hydroxylation is 1. The Bertz CT molecular complexity index is 469. The lowest BCUT2D eigenvalue weighted by Crippen LogP contribution is -2.11. The second-order valence-corrected chi connectivity index (χ2v) is 5.50. The number of alkyl halides is 1. The van der Waals surface area contributed by atoms with Crippen molar-refractivity contribution in [3.05, 3.63) is 66.0 Å². The van der Waals surface area contributed by atoms with Crippen molar-refractivity contribution in [1.29, 1.82) is 0 Å². The van der Waals surface area contributed by atoms with Crippen molar-refractivity contribution >= 4 is 11.6 Å². The zero-order valence-electron chi connectivity index (χ0n) is 11.3. The molecule has 1 nitrogen and oxygen atoms in total. The number of halogens is 1. The van der Waals surface area contributed by atoms with Crippen LogP contribution in [0.25, 0.3) is 0 Å². The van der Waals surface area contributed by atoms with Crippen molar-refractivity contribution in [2.75, 3.05) is 0 Å². The Labute approximate surface area is 120 Å². The van der Waals surface area contributed by atoms with Gasteiger partial charge in [-0.3, -0.25) is 4.98 Å². The highest BCUT2D eigenvalue weighted by Gasteiger charge is 2.16. The largest absolute Gasteiger partial charge is 0.261 e. The smallest absolute Gasteiger partial charge is 0.0446 e. The van der Waals surface area contributed by atoms with E-state index in [1.807, 2.05) is 18.3 Å². The topological polar surface area (TPSA) is 12.9 Å². The van der Waals surface area contributed by atoms with Crippen molar-refractivity contribution in [2.24, 2.45) is 0 Å². The van der Waals surface area contributed by atoms with Crippen LogP contribution >= 0.6 is 11.6 Å². The summed E-state index contributed by atoms with van der Waals surface area (Å²) in [6.07, 6.45) is 5.07. The molecule has 0 aliphatic carbocycles. The second kappa shape index (κ2) is 7.30. The van der Waals surface area contributed by atoms with Crippen LogP contribution in [0.15, 0.2) is 54.7 Å². The first-order chi connectivity index (χ1) is 9.27. The quantitative estimate of drug-likeness (QED) is 0.688. The predicted molar refractivity (Wildman–Crippen MR) is 81.7 cm³/mol. The van der Waals surface area contributed by atoms with E-state index >= 15 is 0 Å². The monoisotopic (exact) mass is 273 g/mol. The molecule has 1 heterocycles. The molecule has 0 radical (unpaired) electrons. The van der Waals surface area contributed by atoms with E-state index in [0.717, 1.165) is 25.0 Å². The third-order valence-electron chi connectivity index (χ3n) is 3.49. The van der Waals surface area contributed by atoms with Crippen molar-refractivity contribution in [3.63, 3.8) is 0 Å². The van der Waals surface area contributed by atoms with Crippen LogP contribution in [0, 0.1) is 0 Å². The summed E-state index contributed by atoms with van der Waals surface area (Å²) in [5, 5.41) is 0.151. The van der Waals surface area contributed by atoms with Gasteiger partial charge >= 0.3 is 0 Å². The van der Waals surface area contributed by atoms with Gasteiger partial charge in [0.25, 0.3) is 0 Å². The Kier molecular flexibility index (Phi) is 5.41. The van der Waals surface area contributed by atoms with E-state index in [1.54, 1.807) is 0 Å². The van der Waals surface area contributed by atoms with Gasteiger partial charge in [-0.2, -0.15) is 0 Å². The number of hydrogen-bond acceptors (Lipinski definition) is 1. The summed E-state index contributed by atoms with van der Waals surface area (Å²) in [7, 11) is 0. The van der Waals surface area contributed by atoms with Crippen molar-refractivity contribution in [3.8, 4) is 0 Å². The lowest BCUT2D eigenvalue weighted by Gasteiger charge is -2.17. The van der Waals surface area contributed by atoms with Crippen molar-refractivity contribution in [2.45, 2.75) is 37.5 Å². The second-order valence-electron chi connectivity index (χ2n) is 4.94. The van der Waals surface area contributed by atoms with Gasteiger partial charge in [0, 0.05) is 23.2 Å². The van der Waals surface area contributed by atoms with E-state index in [0.29, 0.717) is 5.92 Å². The van der Waals surface area contributed by atoms with E-state index < -0.39 is 0 Å². The maximum Gasteiger partial charge on any atom is 0.0446 e. The maximum absolute atomic E-state index is 6.49. The number of pyridine rings is 1. The number of nitrogens with zero attached hydrogens (tertiary/aromatic N) is 1. The molecule has 100 valence electrons. The van der Waals surface area contributed by atoms with E-state index in [9.17, 15) is 0 Å². The predicted octanol–water partition coefficient (Wildman–Crippen LogP) is 4.82. The molecule has 2 unspecified atom stereocenters. The van der Waals surface area contributed by atoms with Gasteiger partial charge in [0.05, 0.1) is 0 Å². The van der Waals surface area contributed by atoms with Crippen LogP contribution in [0.3, 0.4) is 0 Å². The minimum Gasteiger partial charge on any atom is -0.261 e. The molecule has 0 aliphatic rings. The average Bonchev–Trinajstić information content (AvgIpc) is 2.48. The van der Waals surface area contributed by atoms with Gasteiger partial charge in [-0.25, -0.2) is 0 Å². The Morgan fingerprint density at radius 2 is 1.79 bits per heavy atom. The summed E-state index contributed by atoms with van der Waals surface area (Å²) in [4.78, 5) is 4.38. The highest BCUT2D eigenvalue weighted by Crippen LogP contribution is 2.25. The van der Waals surface area contributed by atoms with E-state index in [2.05, 4.69) is 48.3 Å². The van der Waals surface area contributed by atoms with Crippen molar-refractivity contribution in [1.82, 2.24) is 4.98 Å². The Morgan fingerprint density at radius 1 is 1.05 bits per heavy atom. The van der Waals surface area contributed by atoms with Crippen LogP contribution in [-0.2, 0) is 6.42 Å². The number of rotatable bonds is 6. The molecule has 0 saturated heterocycles. The number of hydrogen-bond donors (Lipinski definition) is 0. The van der Waals surface area contributed by atoms with Crippen LogP contribution in [-0.4, -0.2) is 10.4 Å². The highest BCUT2D eigenvalue weighted by atomic mass is 35.5. The fraction of sp³-hybridized carbons (Fsp3) is 0.353. The molecule has 0 saturated carbocycles. The average molecular weight is 274 g/mol. The van der Waals surface area contributed by atoms with E-state index in [1.165, 1.54) is 5.56 Å². The van der Waals surface area contributed by atoms with Gasteiger partial charge in [-0.15, -0.1) is 11.6 Å². The third-order valence-corrected chi connectivity index (χ3v) is 4.08. The maximum atomic E-state index is 6.49. The first-order valence-corrected chi connectivity index (χ1v) is 7.30. The lowest BCUT2D eigenvalue weighted by molar-refractivity contribution is 0.602. The van der Waals surface area contributed by atoms with Crippen LogP contribution in [0.4, 0.5) is 0 Å². The molecule has 2 atom stereocenters. The van der Waals surface area contributed by atoms with Gasteiger partial charge in [-0.05, 0) is 37.0 Å². The summed E-state index contributed by atoms with van der Waals surface area (Å²) in [6.45, 7) is 2.16. The fourth-order valence-corrected chi connectivity index (χ4v) is 2.51. The number of benzene rings is 1. The summed E-state index contributed by atoms with van der Waals surface area (Å²) in [6, 6.07) is 16.6. The summed E-state index contributed by atoms with van der Waals surface area (Å²) < 4.78 is 0. The van der Waals surface area contributed by atoms with Gasteiger partial charge in [0.1, 0.15) is 0 Å². The summed E-state index contributed by atoms with van der Waals surface area (Å²) >= 11 is 6.49. The molecule has 1 aromatic heterocycles. The molecule has 2 aromatic rings. The van der Waals surface area contributed by atoms with Crippen LogP contribution in [0.5, 0.6) is 0 Å². The first kappa shape index (κ1) is 14.1. The van der Waals surface area contributed by atoms with E-state index in [-0.39, 0.29) is 5.38 Å². The Morgan fingerprint density at radius 3 is 2.47 bits per heavy atom. The lowest BCUT2D eigenvalue weighted by atomic mass is 9.97. The fourth-order valence-electron chi connectivity index (χ4n) is 2.23. The Balaban J connectivity index is 1.80.